The van der Waals surface area contributed by atoms with E-state index in [0.717, 1.165) is 0 Å². The smallest absolute Gasteiger partial charge is 0.306 e. The maximum Gasteiger partial charge on any atom is 0.306 e. The van der Waals surface area contributed by atoms with E-state index in [2.05, 4.69) is 25.3 Å². The highest BCUT2D eigenvalue weighted by Crippen LogP contribution is 2.25. The fourth-order valence-corrected chi connectivity index (χ4v) is 1.05. The van der Waals surface area contributed by atoms with E-state index in [-0.39, 0.29) is 0 Å². The van der Waals surface area contributed by atoms with Crippen LogP contribution in [0.2, 0.25) is 0 Å². The first-order valence-corrected chi connectivity index (χ1v) is 4.70. The summed E-state index contributed by atoms with van der Waals surface area (Å²) in [7, 11) is -4.56. The standard InChI is InChI=1S/C3H8O4S3/c1-2(8)3(4,9)10(5,6)7/h2,4,8-9H,1H3,(H,5,6,7). The highest BCUT2D eigenvalue weighted by molar-refractivity contribution is 8.04. The topological polar surface area (TPSA) is 74.6 Å². The minimum atomic E-state index is -4.56. The molecule has 2 N–H and O–H groups in total. The van der Waals surface area contributed by atoms with E-state index in [1.165, 1.54) is 6.92 Å². The Balaban J connectivity index is 4.76. The summed E-state index contributed by atoms with van der Waals surface area (Å²) < 4.78 is 26.4. The van der Waals surface area contributed by atoms with Crippen LogP contribution in [0.15, 0.2) is 0 Å². The van der Waals surface area contributed by atoms with Crippen molar-refractivity contribution in [2.24, 2.45) is 0 Å². The van der Waals surface area contributed by atoms with Crippen molar-refractivity contribution in [2.45, 2.75) is 16.4 Å². The number of hydrogen-bond acceptors (Lipinski definition) is 5. The minimum Gasteiger partial charge on any atom is -0.364 e. The van der Waals surface area contributed by atoms with Crippen molar-refractivity contribution in [2.75, 3.05) is 0 Å². The molecule has 0 saturated carbocycles. The molecule has 0 aliphatic rings. The van der Waals surface area contributed by atoms with Crippen LogP contribution in [-0.2, 0) is 10.1 Å². The Morgan fingerprint density at radius 3 is 1.90 bits per heavy atom. The van der Waals surface area contributed by atoms with Crippen molar-refractivity contribution in [1.82, 2.24) is 0 Å². The van der Waals surface area contributed by atoms with Crippen molar-refractivity contribution < 1.29 is 18.1 Å². The SMILES string of the molecule is CC(S)C(O)(S)S(=O)(=O)O. The molecule has 0 bridgehead atoms. The molecule has 7 heteroatoms. The molecule has 10 heavy (non-hydrogen) atoms. The number of rotatable bonds is 2. The second-order valence-electron chi connectivity index (χ2n) is 1.81. The third-order valence-electron chi connectivity index (χ3n) is 0.924. The van der Waals surface area contributed by atoms with Gasteiger partial charge in [0.25, 0.3) is 0 Å². The molecule has 0 saturated heterocycles. The molecule has 0 aromatic rings. The van der Waals surface area contributed by atoms with Gasteiger partial charge in [0.1, 0.15) is 0 Å². The molecular weight excluding hydrogens is 196 g/mol. The Morgan fingerprint density at radius 1 is 1.60 bits per heavy atom. The summed E-state index contributed by atoms with van der Waals surface area (Å²) in [5, 5.41) is 7.91. The molecule has 0 amide bonds. The molecule has 0 aromatic heterocycles. The first-order valence-electron chi connectivity index (χ1n) is 2.29. The summed E-state index contributed by atoms with van der Waals surface area (Å²) in [5.41, 5.74) is 0. The maximum atomic E-state index is 10.3. The van der Waals surface area contributed by atoms with Gasteiger partial charge < -0.3 is 5.11 Å². The van der Waals surface area contributed by atoms with Gasteiger partial charge in [0.05, 0.1) is 5.25 Å². The third kappa shape index (κ3) is 2.03. The van der Waals surface area contributed by atoms with Gasteiger partial charge in [0.2, 0.25) is 4.27 Å². The van der Waals surface area contributed by atoms with Crippen molar-refractivity contribution >= 4 is 35.4 Å². The summed E-state index contributed by atoms with van der Waals surface area (Å²) in [6.07, 6.45) is 0. The summed E-state index contributed by atoms with van der Waals surface area (Å²) in [4.78, 5) is 0. The first kappa shape index (κ1) is 10.6. The molecule has 0 fully saturated rings. The van der Waals surface area contributed by atoms with Crippen molar-refractivity contribution in [1.29, 1.82) is 0 Å². The third-order valence-corrected chi connectivity index (χ3v) is 3.87. The lowest BCUT2D eigenvalue weighted by molar-refractivity contribution is 0.205. The molecule has 0 rings (SSSR count). The van der Waals surface area contributed by atoms with Crippen LogP contribution in [0.3, 0.4) is 0 Å². The van der Waals surface area contributed by atoms with E-state index in [4.69, 9.17) is 9.66 Å². The predicted molar refractivity (Wildman–Crippen MR) is 43.9 cm³/mol. The maximum absolute atomic E-state index is 10.3. The van der Waals surface area contributed by atoms with Crippen molar-refractivity contribution in [3.63, 3.8) is 0 Å². The quantitative estimate of drug-likeness (QED) is 0.285. The van der Waals surface area contributed by atoms with Gasteiger partial charge in [0, 0.05) is 0 Å². The van der Waals surface area contributed by atoms with Crippen LogP contribution in [0, 0.1) is 0 Å². The van der Waals surface area contributed by atoms with Crippen molar-refractivity contribution in [3.05, 3.63) is 0 Å². The average molecular weight is 204 g/mol. The van der Waals surface area contributed by atoms with Crippen LogP contribution < -0.4 is 0 Å². The normalized spacial score (nSPS) is 21.7. The van der Waals surface area contributed by atoms with Crippen LogP contribution in [0.1, 0.15) is 6.92 Å². The number of thiol groups is 2. The highest BCUT2D eigenvalue weighted by Gasteiger charge is 2.40. The lowest BCUT2D eigenvalue weighted by atomic mass is 10.5. The molecule has 0 aromatic carbocycles. The second kappa shape index (κ2) is 2.90. The van der Waals surface area contributed by atoms with Gasteiger partial charge in [-0.25, -0.2) is 0 Å². The Kier molecular flexibility index (Phi) is 3.06. The summed E-state index contributed by atoms with van der Waals surface area (Å²) >= 11 is 6.91. The monoisotopic (exact) mass is 204 g/mol. The van der Waals surface area contributed by atoms with Gasteiger partial charge in [-0.3, -0.25) is 4.55 Å². The van der Waals surface area contributed by atoms with E-state index in [0.29, 0.717) is 0 Å². The molecule has 0 aliphatic heterocycles. The van der Waals surface area contributed by atoms with E-state index in [9.17, 15) is 8.42 Å². The summed E-state index contributed by atoms with van der Waals surface area (Å²) in [6.45, 7) is 1.30. The van der Waals surface area contributed by atoms with Crippen molar-refractivity contribution in [3.8, 4) is 0 Å². The molecular formula is C3H8O4S3. The fourth-order valence-electron chi connectivity index (χ4n) is 0.216. The minimum absolute atomic E-state index is 0.967. The van der Waals surface area contributed by atoms with Gasteiger partial charge >= 0.3 is 10.1 Å². The number of aliphatic hydroxyl groups is 1. The predicted octanol–water partition coefficient (Wildman–Crippen LogP) is -0.232. The summed E-state index contributed by atoms with van der Waals surface area (Å²) in [5.74, 6) is 0. The van der Waals surface area contributed by atoms with E-state index in [1.807, 2.05) is 0 Å². The van der Waals surface area contributed by atoms with E-state index < -0.39 is 19.6 Å². The Morgan fingerprint density at radius 2 is 1.90 bits per heavy atom. The average Bonchev–Trinajstić information content (AvgIpc) is 1.62. The lowest BCUT2D eigenvalue weighted by Gasteiger charge is -2.21. The molecule has 2 unspecified atom stereocenters. The second-order valence-corrected chi connectivity index (χ2v) is 5.14. The van der Waals surface area contributed by atoms with Crippen LogP contribution >= 0.6 is 25.3 Å². The zero-order chi connectivity index (χ0) is 8.58. The first-order chi connectivity index (χ1) is 4.19. The molecule has 0 aliphatic carbocycles. The summed E-state index contributed by atoms with van der Waals surface area (Å²) in [6, 6.07) is 0. The lowest BCUT2D eigenvalue weighted by Crippen LogP contribution is -2.39. The number of hydrogen-bond donors (Lipinski definition) is 4. The molecule has 4 nitrogen and oxygen atoms in total. The Labute approximate surface area is 70.2 Å². The zero-order valence-electron chi connectivity index (χ0n) is 5.09. The van der Waals surface area contributed by atoms with Gasteiger partial charge in [-0.2, -0.15) is 21.0 Å². The zero-order valence-corrected chi connectivity index (χ0v) is 7.70. The van der Waals surface area contributed by atoms with Gasteiger partial charge in [-0.05, 0) is 6.92 Å². The fraction of sp³-hybridized carbons (Fsp3) is 1.00. The van der Waals surface area contributed by atoms with Gasteiger partial charge in [-0.1, -0.05) is 0 Å². The molecule has 2 atom stereocenters. The largest absolute Gasteiger partial charge is 0.364 e. The van der Waals surface area contributed by atoms with Gasteiger partial charge in [-0.15, -0.1) is 12.6 Å². The molecule has 0 spiro atoms. The molecule has 0 radical (unpaired) electrons. The molecule has 0 heterocycles. The highest BCUT2D eigenvalue weighted by atomic mass is 32.3. The molecule has 62 valence electrons. The van der Waals surface area contributed by atoms with Crippen LogP contribution in [0.5, 0.6) is 0 Å². The van der Waals surface area contributed by atoms with Crippen LogP contribution in [0.25, 0.3) is 0 Å². The van der Waals surface area contributed by atoms with E-state index >= 15 is 0 Å². The van der Waals surface area contributed by atoms with E-state index in [1.54, 1.807) is 0 Å². The van der Waals surface area contributed by atoms with Crippen LogP contribution in [0.4, 0.5) is 0 Å². The Bertz CT molecular complexity index is 204. The van der Waals surface area contributed by atoms with Gasteiger partial charge in [0.15, 0.2) is 0 Å². The van der Waals surface area contributed by atoms with Crippen LogP contribution in [-0.4, -0.2) is 27.6 Å². The Hall–Kier alpha value is 0.570.